The molecule has 0 aliphatic rings. The van der Waals surface area contributed by atoms with Gasteiger partial charge in [-0.25, -0.2) is 0 Å². The van der Waals surface area contributed by atoms with E-state index < -0.39 is 8.32 Å². The first-order chi connectivity index (χ1) is 5.18. The van der Waals surface area contributed by atoms with Gasteiger partial charge in [0.25, 0.3) is 0 Å². The van der Waals surface area contributed by atoms with Gasteiger partial charge in [0.05, 0.1) is 0 Å². The normalized spacial score (nSPS) is 16.4. The summed E-state index contributed by atoms with van der Waals surface area (Å²) in [6, 6.07) is 2.50. The molecule has 0 aliphatic heterocycles. The van der Waals surface area contributed by atoms with Gasteiger partial charge in [-0.1, -0.05) is 6.92 Å². The SMILES string of the molecule is CCO[Si](C)(CC)CCCS. The van der Waals surface area contributed by atoms with Crippen LogP contribution < -0.4 is 0 Å². The van der Waals surface area contributed by atoms with Crippen molar-refractivity contribution in [2.45, 2.75) is 38.9 Å². The monoisotopic (exact) mass is 192 g/mol. The number of rotatable bonds is 6. The highest BCUT2D eigenvalue weighted by atomic mass is 32.1. The Hall–Kier alpha value is 0.527. The molecule has 0 rings (SSSR count). The summed E-state index contributed by atoms with van der Waals surface area (Å²) in [6.07, 6.45) is 1.21. The molecule has 1 atom stereocenters. The minimum atomic E-state index is -1.29. The predicted octanol–water partition coefficient (Wildman–Crippen LogP) is 2.94. The second kappa shape index (κ2) is 6.09. The third-order valence-corrected chi connectivity index (χ3v) is 6.31. The molecule has 0 fully saturated rings. The van der Waals surface area contributed by atoms with E-state index in [1.54, 1.807) is 0 Å². The molecule has 0 amide bonds. The first-order valence-electron chi connectivity index (χ1n) is 4.43. The molecule has 1 unspecified atom stereocenters. The average Bonchev–Trinajstić information content (AvgIpc) is 2.02. The lowest BCUT2D eigenvalue weighted by Crippen LogP contribution is -2.33. The van der Waals surface area contributed by atoms with Crippen LogP contribution >= 0.6 is 12.6 Å². The zero-order valence-electron chi connectivity index (χ0n) is 7.89. The van der Waals surface area contributed by atoms with Gasteiger partial charge in [0.2, 0.25) is 0 Å². The van der Waals surface area contributed by atoms with E-state index in [0.717, 1.165) is 12.4 Å². The number of hydrogen-bond donors (Lipinski definition) is 1. The maximum Gasteiger partial charge on any atom is 0.189 e. The molecule has 0 saturated carbocycles. The van der Waals surface area contributed by atoms with Gasteiger partial charge < -0.3 is 4.43 Å². The van der Waals surface area contributed by atoms with E-state index in [0.29, 0.717) is 0 Å². The molecular weight excluding hydrogens is 172 g/mol. The Morgan fingerprint density at radius 1 is 1.36 bits per heavy atom. The quantitative estimate of drug-likeness (QED) is 0.503. The molecular formula is C8H20OSSi. The summed E-state index contributed by atoms with van der Waals surface area (Å²) in [4.78, 5) is 0. The van der Waals surface area contributed by atoms with Crippen molar-refractivity contribution in [1.82, 2.24) is 0 Å². The van der Waals surface area contributed by atoms with Gasteiger partial charge in [-0.3, -0.25) is 0 Å². The van der Waals surface area contributed by atoms with Gasteiger partial charge in [0.1, 0.15) is 0 Å². The van der Waals surface area contributed by atoms with Crippen molar-refractivity contribution < 1.29 is 4.43 Å². The van der Waals surface area contributed by atoms with Crippen molar-refractivity contribution in [3.63, 3.8) is 0 Å². The van der Waals surface area contributed by atoms with Crippen molar-refractivity contribution in [3.05, 3.63) is 0 Å². The first kappa shape index (κ1) is 11.5. The van der Waals surface area contributed by atoms with E-state index in [1.165, 1.54) is 18.5 Å². The molecule has 11 heavy (non-hydrogen) atoms. The molecule has 3 heteroatoms. The van der Waals surface area contributed by atoms with Crippen molar-refractivity contribution in [3.8, 4) is 0 Å². The summed E-state index contributed by atoms with van der Waals surface area (Å²) in [7, 11) is -1.29. The summed E-state index contributed by atoms with van der Waals surface area (Å²) in [6.45, 7) is 7.52. The molecule has 0 heterocycles. The standard InChI is InChI=1S/C8H20OSSi/c1-4-9-11(3,5-2)8-6-7-10/h10H,4-8H2,1-3H3. The van der Waals surface area contributed by atoms with Gasteiger partial charge in [0.15, 0.2) is 8.32 Å². The molecule has 0 aromatic heterocycles. The fourth-order valence-corrected chi connectivity index (χ4v) is 3.93. The fraction of sp³-hybridized carbons (Fsp3) is 1.00. The van der Waals surface area contributed by atoms with Crippen LogP contribution in [0, 0.1) is 0 Å². The summed E-state index contributed by atoms with van der Waals surface area (Å²) in [5, 5.41) is 0. The highest BCUT2D eigenvalue weighted by Gasteiger charge is 2.24. The van der Waals surface area contributed by atoms with E-state index in [-0.39, 0.29) is 0 Å². The highest BCUT2D eigenvalue weighted by Crippen LogP contribution is 2.18. The minimum absolute atomic E-state index is 0.878. The smallest absolute Gasteiger partial charge is 0.189 e. The Morgan fingerprint density at radius 2 is 2.00 bits per heavy atom. The lowest BCUT2D eigenvalue weighted by atomic mass is 10.6. The minimum Gasteiger partial charge on any atom is -0.417 e. The highest BCUT2D eigenvalue weighted by molar-refractivity contribution is 7.80. The Morgan fingerprint density at radius 3 is 2.36 bits per heavy atom. The maximum atomic E-state index is 5.79. The van der Waals surface area contributed by atoms with Crippen LogP contribution in [0.1, 0.15) is 20.3 Å². The molecule has 0 radical (unpaired) electrons. The molecule has 0 bridgehead atoms. The summed E-state index contributed by atoms with van der Waals surface area (Å²) in [5.41, 5.74) is 0. The second-order valence-electron chi connectivity index (χ2n) is 3.06. The Kier molecular flexibility index (Phi) is 6.38. The van der Waals surface area contributed by atoms with Crippen molar-refractivity contribution in [2.24, 2.45) is 0 Å². The molecule has 0 saturated heterocycles. The van der Waals surface area contributed by atoms with E-state index >= 15 is 0 Å². The van der Waals surface area contributed by atoms with Crippen LogP contribution in [-0.2, 0) is 4.43 Å². The third kappa shape index (κ3) is 4.88. The van der Waals surface area contributed by atoms with Crippen LogP contribution in [0.2, 0.25) is 18.6 Å². The van der Waals surface area contributed by atoms with Crippen molar-refractivity contribution in [1.29, 1.82) is 0 Å². The van der Waals surface area contributed by atoms with Gasteiger partial charge >= 0.3 is 0 Å². The van der Waals surface area contributed by atoms with Gasteiger partial charge in [-0.15, -0.1) is 0 Å². The summed E-state index contributed by atoms with van der Waals surface area (Å²) in [5.74, 6) is 0.996. The number of hydrogen-bond acceptors (Lipinski definition) is 2. The molecule has 0 spiro atoms. The zero-order chi connectivity index (χ0) is 8.74. The van der Waals surface area contributed by atoms with E-state index in [1.807, 2.05) is 0 Å². The van der Waals surface area contributed by atoms with Crippen LogP contribution in [0.25, 0.3) is 0 Å². The topological polar surface area (TPSA) is 9.23 Å². The van der Waals surface area contributed by atoms with Crippen LogP contribution in [0.15, 0.2) is 0 Å². The fourth-order valence-electron chi connectivity index (χ4n) is 1.15. The first-order valence-corrected chi connectivity index (χ1v) is 7.89. The van der Waals surface area contributed by atoms with Crippen LogP contribution in [-0.4, -0.2) is 20.7 Å². The predicted molar refractivity (Wildman–Crippen MR) is 57.0 cm³/mol. The largest absolute Gasteiger partial charge is 0.417 e. The maximum absolute atomic E-state index is 5.79. The number of thiol groups is 1. The molecule has 0 N–H and O–H groups in total. The molecule has 0 aromatic rings. The molecule has 68 valence electrons. The third-order valence-electron chi connectivity index (χ3n) is 2.10. The van der Waals surface area contributed by atoms with Gasteiger partial charge in [-0.2, -0.15) is 12.6 Å². The van der Waals surface area contributed by atoms with Gasteiger partial charge in [-0.05, 0) is 37.7 Å². The van der Waals surface area contributed by atoms with Crippen molar-refractivity contribution in [2.75, 3.05) is 12.4 Å². The van der Waals surface area contributed by atoms with Crippen molar-refractivity contribution >= 4 is 20.9 Å². The van der Waals surface area contributed by atoms with E-state index in [9.17, 15) is 0 Å². The summed E-state index contributed by atoms with van der Waals surface area (Å²) < 4.78 is 5.79. The summed E-state index contributed by atoms with van der Waals surface area (Å²) >= 11 is 4.21. The average molecular weight is 192 g/mol. The molecule has 0 aromatic carbocycles. The Labute approximate surface area is 77.1 Å². The zero-order valence-corrected chi connectivity index (χ0v) is 9.79. The molecule has 0 aliphatic carbocycles. The van der Waals surface area contributed by atoms with Gasteiger partial charge in [0, 0.05) is 6.61 Å². The lowest BCUT2D eigenvalue weighted by Gasteiger charge is -2.24. The lowest BCUT2D eigenvalue weighted by molar-refractivity contribution is 0.324. The Bertz CT molecular complexity index is 100. The second-order valence-corrected chi connectivity index (χ2v) is 7.91. The van der Waals surface area contributed by atoms with Crippen LogP contribution in [0.4, 0.5) is 0 Å². The van der Waals surface area contributed by atoms with E-state index in [4.69, 9.17) is 4.43 Å². The van der Waals surface area contributed by atoms with Crippen LogP contribution in [0.3, 0.4) is 0 Å². The molecule has 1 nitrogen and oxygen atoms in total. The van der Waals surface area contributed by atoms with E-state index in [2.05, 4.69) is 33.0 Å². The van der Waals surface area contributed by atoms with Crippen LogP contribution in [0.5, 0.6) is 0 Å². The Balaban J connectivity index is 3.68.